The molecule has 5 nitrogen and oxygen atoms in total. The number of nitrogens with zero attached hydrogens (tertiary/aromatic N) is 1. The van der Waals surface area contributed by atoms with Crippen molar-refractivity contribution in [2.45, 2.75) is 52.1 Å². The van der Waals surface area contributed by atoms with Crippen LogP contribution in [0.5, 0.6) is 0 Å². The molecular formula is C13H24N2O3. The second kappa shape index (κ2) is 5.59. The molecule has 0 bridgehead atoms. The Kier molecular flexibility index (Phi) is 4.59. The number of rotatable bonds is 3. The minimum Gasteiger partial charge on any atom is -0.453 e. The monoisotopic (exact) mass is 256 g/mol. The first-order valence-corrected chi connectivity index (χ1v) is 6.45. The van der Waals surface area contributed by atoms with E-state index in [1.807, 2.05) is 18.7 Å². The highest BCUT2D eigenvalue weighted by molar-refractivity contribution is 5.86. The van der Waals surface area contributed by atoms with Crippen LogP contribution >= 0.6 is 0 Å². The van der Waals surface area contributed by atoms with Crippen molar-refractivity contribution in [3.63, 3.8) is 0 Å². The average molecular weight is 256 g/mol. The van der Waals surface area contributed by atoms with Gasteiger partial charge in [-0.1, -0.05) is 13.8 Å². The second-order valence-corrected chi connectivity index (χ2v) is 5.76. The second-order valence-electron chi connectivity index (χ2n) is 5.76. The highest BCUT2D eigenvalue weighted by atomic mass is 16.5. The molecule has 0 unspecified atom stereocenters. The first-order chi connectivity index (χ1) is 8.29. The van der Waals surface area contributed by atoms with Crippen molar-refractivity contribution in [2.75, 3.05) is 13.7 Å². The van der Waals surface area contributed by atoms with Gasteiger partial charge in [0.2, 0.25) is 5.91 Å². The molecule has 0 radical (unpaired) electrons. The summed E-state index contributed by atoms with van der Waals surface area (Å²) in [6.45, 7) is 8.72. The van der Waals surface area contributed by atoms with E-state index < -0.39 is 12.1 Å². The lowest BCUT2D eigenvalue weighted by Crippen LogP contribution is -2.55. The lowest BCUT2D eigenvalue weighted by Gasteiger charge is -2.35. The quantitative estimate of drug-likeness (QED) is 0.837. The van der Waals surface area contributed by atoms with E-state index in [1.165, 1.54) is 7.11 Å². The standard InChI is InChI=1S/C13H24N2O3/c1-9(2)10(14-12(17)18-5)11(16)15-8-6-7-13(15,3)4/h9-10H,6-8H2,1-5H3,(H,14,17)/t10-/m0/s1. The van der Waals surface area contributed by atoms with Gasteiger partial charge < -0.3 is 15.0 Å². The largest absolute Gasteiger partial charge is 0.453 e. The summed E-state index contributed by atoms with van der Waals surface area (Å²) in [6.07, 6.45) is 1.46. The Morgan fingerprint density at radius 1 is 1.33 bits per heavy atom. The molecule has 0 aromatic rings. The molecule has 0 spiro atoms. The maximum absolute atomic E-state index is 12.5. The summed E-state index contributed by atoms with van der Waals surface area (Å²) in [5, 5.41) is 2.63. The number of hydrogen-bond acceptors (Lipinski definition) is 3. The first-order valence-electron chi connectivity index (χ1n) is 6.45. The minimum atomic E-state index is -0.556. The van der Waals surface area contributed by atoms with Gasteiger partial charge in [-0.05, 0) is 32.6 Å². The van der Waals surface area contributed by atoms with E-state index in [0.717, 1.165) is 19.4 Å². The van der Waals surface area contributed by atoms with Crippen LogP contribution in [-0.4, -0.2) is 42.1 Å². The summed E-state index contributed by atoms with van der Waals surface area (Å²) >= 11 is 0. The Balaban J connectivity index is 2.80. The lowest BCUT2D eigenvalue weighted by molar-refractivity contribution is -0.137. The molecule has 5 heteroatoms. The fourth-order valence-corrected chi connectivity index (χ4v) is 2.38. The molecule has 2 amide bonds. The molecule has 0 aromatic heterocycles. The zero-order chi connectivity index (χ0) is 13.9. The van der Waals surface area contributed by atoms with Gasteiger partial charge in [-0.15, -0.1) is 0 Å². The van der Waals surface area contributed by atoms with E-state index in [1.54, 1.807) is 0 Å². The number of ether oxygens (including phenoxy) is 1. The van der Waals surface area contributed by atoms with E-state index in [2.05, 4.69) is 23.9 Å². The van der Waals surface area contributed by atoms with Gasteiger partial charge in [-0.2, -0.15) is 0 Å². The molecule has 1 aliphatic heterocycles. The Hall–Kier alpha value is -1.26. The van der Waals surface area contributed by atoms with Gasteiger partial charge in [-0.25, -0.2) is 4.79 Å². The zero-order valence-electron chi connectivity index (χ0n) is 11.9. The van der Waals surface area contributed by atoms with Crippen LogP contribution in [0.25, 0.3) is 0 Å². The highest BCUT2D eigenvalue weighted by Crippen LogP contribution is 2.29. The van der Waals surface area contributed by atoms with Gasteiger partial charge in [0.05, 0.1) is 7.11 Å². The molecule has 1 fully saturated rings. The molecule has 104 valence electrons. The van der Waals surface area contributed by atoms with Crippen molar-refractivity contribution >= 4 is 12.0 Å². The zero-order valence-corrected chi connectivity index (χ0v) is 11.9. The number of likely N-dealkylation sites (tertiary alicyclic amines) is 1. The number of nitrogens with one attached hydrogen (secondary N) is 1. The van der Waals surface area contributed by atoms with Crippen LogP contribution in [0.3, 0.4) is 0 Å². The summed E-state index contributed by atoms with van der Waals surface area (Å²) in [5.74, 6) is 0.0194. The fourth-order valence-electron chi connectivity index (χ4n) is 2.38. The van der Waals surface area contributed by atoms with E-state index in [-0.39, 0.29) is 17.4 Å². The predicted molar refractivity (Wildman–Crippen MR) is 69.2 cm³/mol. The summed E-state index contributed by atoms with van der Waals surface area (Å²) < 4.78 is 4.57. The van der Waals surface area contributed by atoms with E-state index in [9.17, 15) is 9.59 Å². The van der Waals surface area contributed by atoms with Gasteiger partial charge in [-0.3, -0.25) is 4.79 Å². The first kappa shape index (κ1) is 14.8. The lowest BCUT2D eigenvalue weighted by atomic mass is 9.98. The van der Waals surface area contributed by atoms with E-state index in [4.69, 9.17) is 0 Å². The smallest absolute Gasteiger partial charge is 0.407 e. The third-order valence-corrected chi connectivity index (χ3v) is 3.56. The van der Waals surface area contributed by atoms with Gasteiger partial charge in [0.25, 0.3) is 0 Å². The molecule has 0 aromatic carbocycles. The van der Waals surface area contributed by atoms with Crippen LogP contribution in [0, 0.1) is 5.92 Å². The van der Waals surface area contributed by atoms with Crippen molar-refractivity contribution in [3.8, 4) is 0 Å². The van der Waals surface area contributed by atoms with Gasteiger partial charge in [0.15, 0.2) is 0 Å². The number of methoxy groups -OCH3 is 1. The van der Waals surface area contributed by atoms with Crippen LogP contribution < -0.4 is 5.32 Å². The van der Waals surface area contributed by atoms with Gasteiger partial charge in [0, 0.05) is 12.1 Å². The Morgan fingerprint density at radius 2 is 1.94 bits per heavy atom. The molecule has 1 heterocycles. The van der Waals surface area contributed by atoms with Crippen LogP contribution in [-0.2, 0) is 9.53 Å². The van der Waals surface area contributed by atoms with Gasteiger partial charge >= 0.3 is 6.09 Å². The Morgan fingerprint density at radius 3 is 2.33 bits per heavy atom. The molecular weight excluding hydrogens is 232 g/mol. The summed E-state index contributed by atoms with van der Waals surface area (Å²) in [5.41, 5.74) is -0.123. The Labute approximate surface area is 109 Å². The van der Waals surface area contributed by atoms with Crippen molar-refractivity contribution in [1.82, 2.24) is 10.2 Å². The SMILES string of the molecule is COC(=O)N[C@H](C(=O)N1CCCC1(C)C)C(C)C. The number of carbonyl (C=O) groups is 2. The topological polar surface area (TPSA) is 58.6 Å². The van der Waals surface area contributed by atoms with Crippen LogP contribution in [0.15, 0.2) is 0 Å². The minimum absolute atomic E-state index is 0.0158. The molecule has 0 saturated carbocycles. The maximum atomic E-state index is 12.5. The number of carbonyl (C=O) groups excluding carboxylic acids is 2. The molecule has 18 heavy (non-hydrogen) atoms. The average Bonchev–Trinajstić information content (AvgIpc) is 2.64. The van der Waals surface area contributed by atoms with E-state index >= 15 is 0 Å². The third-order valence-electron chi connectivity index (χ3n) is 3.56. The molecule has 1 atom stereocenters. The van der Waals surface area contributed by atoms with Crippen molar-refractivity contribution in [1.29, 1.82) is 0 Å². The summed E-state index contributed by atoms with van der Waals surface area (Å²) in [6, 6.07) is -0.519. The summed E-state index contributed by atoms with van der Waals surface area (Å²) in [7, 11) is 1.30. The number of amides is 2. The molecule has 1 saturated heterocycles. The molecule has 1 N–H and O–H groups in total. The maximum Gasteiger partial charge on any atom is 0.407 e. The fraction of sp³-hybridized carbons (Fsp3) is 0.846. The highest BCUT2D eigenvalue weighted by Gasteiger charge is 2.39. The molecule has 1 aliphatic rings. The summed E-state index contributed by atoms with van der Waals surface area (Å²) in [4.78, 5) is 25.7. The molecule has 0 aliphatic carbocycles. The van der Waals surface area contributed by atoms with E-state index in [0.29, 0.717) is 0 Å². The van der Waals surface area contributed by atoms with Gasteiger partial charge in [0.1, 0.15) is 6.04 Å². The Bertz CT molecular complexity index is 326. The van der Waals surface area contributed by atoms with Crippen molar-refractivity contribution in [2.24, 2.45) is 5.92 Å². The van der Waals surface area contributed by atoms with Crippen molar-refractivity contribution in [3.05, 3.63) is 0 Å². The third kappa shape index (κ3) is 3.15. The molecule has 1 rings (SSSR count). The number of hydrogen-bond donors (Lipinski definition) is 1. The normalized spacial score (nSPS) is 19.8. The van der Waals surface area contributed by atoms with Crippen LogP contribution in [0.4, 0.5) is 4.79 Å². The predicted octanol–water partition coefficient (Wildman–Crippen LogP) is 1.77. The van der Waals surface area contributed by atoms with Crippen LogP contribution in [0.1, 0.15) is 40.5 Å². The number of alkyl carbamates (subject to hydrolysis) is 1. The van der Waals surface area contributed by atoms with Crippen LogP contribution in [0.2, 0.25) is 0 Å². The van der Waals surface area contributed by atoms with Crippen molar-refractivity contribution < 1.29 is 14.3 Å².